The fraction of sp³-hybridized carbons (Fsp3) is 0.222. The Morgan fingerprint density at radius 2 is 1.85 bits per heavy atom. The monoisotopic (exact) mass is 184 g/mol. The van der Waals surface area contributed by atoms with Crippen molar-refractivity contribution >= 4 is 6.29 Å². The number of aldehydes is 1. The molecular formula is C9H8F2NO. The van der Waals surface area contributed by atoms with Gasteiger partial charge in [-0.25, -0.2) is 14.5 Å². The van der Waals surface area contributed by atoms with Gasteiger partial charge < -0.3 is 4.79 Å². The van der Waals surface area contributed by atoms with Crippen LogP contribution in [0.1, 0.15) is 5.56 Å². The van der Waals surface area contributed by atoms with Gasteiger partial charge in [-0.15, -0.1) is 0 Å². The van der Waals surface area contributed by atoms with Crippen LogP contribution in [0.15, 0.2) is 18.2 Å². The summed E-state index contributed by atoms with van der Waals surface area (Å²) in [5.41, 5.74) is 7.41. The van der Waals surface area contributed by atoms with Crippen LogP contribution in [0.3, 0.4) is 0 Å². The Balaban J connectivity index is 2.82. The van der Waals surface area contributed by atoms with Crippen LogP contribution in [0.25, 0.3) is 0 Å². The zero-order valence-corrected chi connectivity index (χ0v) is 6.76. The van der Waals surface area contributed by atoms with Crippen LogP contribution in [0.5, 0.6) is 0 Å². The standard InChI is InChI=1S/C9H8F2NO/c10-7-1-6(2-8(11)4-7)3-9(12)5-13/h1-2,4-5,9,12H,3H2. The van der Waals surface area contributed by atoms with E-state index in [1.54, 1.807) is 0 Å². The van der Waals surface area contributed by atoms with Gasteiger partial charge in [-0.05, 0) is 24.1 Å². The van der Waals surface area contributed by atoms with E-state index in [0.29, 0.717) is 11.8 Å². The van der Waals surface area contributed by atoms with E-state index in [1.165, 1.54) is 0 Å². The number of nitrogens with one attached hydrogen (secondary N) is 1. The van der Waals surface area contributed by atoms with Crippen molar-refractivity contribution < 1.29 is 13.6 Å². The molecule has 0 bridgehead atoms. The summed E-state index contributed by atoms with van der Waals surface area (Å²) in [4.78, 5) is 10.1. The maximum atomic E-state index is 12.6. The molecule has 0 aromatic heterocycles. The average Bonchev–Trinajstić information content (AvgIpc) is 2.02. The van der Waals surface area contributed by atoms with Crippen molar-refractivity contribution in [3.8, 4) is 0 Å². The molecule has 0 heterocycles. The summed E-state index contributed by atoms with van der Waals surface area (Å²) in [5.74, 6) is -1.37. The third-order valence-electron chi connectivity index (χ3n) is 1.54. The summed E-state index contributed by atoms with van der Waals surface area (Å²) in [7, 11) is 0. The SMILES string of the molecule is [NH]C(C=O)Cc1cc(F)cc(F)c1. The largest absolute Gasteiger partial charge is 0.302 e. The zero-order chi connectivity index (χ0) is 9.84. The molecule has 2 nitrogen and oxygen atoms in total. The number of hydrogen-bond donors (Lipinski definition) is 0. The molecule has 0 saturated carbocycles. The van der Waals surface area contributed by atoms with E-state index >= 15 is 0 Å². The van der Waals surface area contributed by atoms with Crippen molar-refractivity contribution in [1.29, 1.82) is 0 Å². The molecule has 1 unspecified atom stereocenters. The van der Waals surface area contributed by atoms with Crippen LogP contribution in [0.2, 0.25) is 0 Å². The van der Waals surface area contributed by atoms with Crippen LogP contribution in [0, 0.1) is 11.6 Å². The van der Waals surface area contributed by atoms with E-state index in [0.717, 1.165) is 18.2 Å². The fourth-order valence-electron chi connectivity index (χ4n) is 1.03. The Bertz CT molecular complexity index is 294. The van der Waals surface area contributed by atoms with E-state index in [-0.39, 0.29) is 6.42 Å². The van der Waals surface area contributed by atoms with Crippen LogP contribution in [-0.2, 0) is 11.2 Å². The maximum absolute atomic E-state index is 12.6. The van der Waals surface area contributed by atoms with Crippen molar-refractivity contribution in [3.63, 3.8) is 0 Å². The first-order valence-electron chi connectivity index (χ1n) is 3.73. The van der Waals surface area contributed by atoms with E-state index < -0.39 is 17.7 Å². The molecule has 0 aliphatic heterocycles. The average molecular weight is 184 g/mol. The van der Waals surface area contributed by atoms with Crippen molar-refractivity contribution in [2.75, 3.05) is 0 Å². The number of carbonyl (C=O) groups excluding carboxylic acids is 1. The molecule has 0 fully saturated rings. The lowest BCUT2D eigenvalue weighted by molar-refractivity contribution is -0.109. The van der Waals surface area contributed by atoms with E-state index in [2.05, 4.69) is 0 Å². The van der Waals surface area contributed by atoms with Crippen molar-refractivity contribution in [3.05, 3.63) is 35.4 Å². The van der Waals surface area contributed by atoms with Gasteiger partial charge in [-0.1, -0.05) is 0 Å². The quantitative estimate of drug-likeness (QED) is 0.654. The Labute approximate surface area is 74.4 Å². The van der Waals surface area contributed by atoms with Gasteiger partial charge in [0.2, 0.25) is 0 Å². The van der Waals surface area contributed by atoms with Gasteiger partial charge in [-0.2, -0.15) is 0 Å². The molecule has 1 radical (unpaired) electrons. The number of carbonyl (C=O) groups is 1. The lowest BCUT2D eigenvalue weighted by Gasteiger charge is -2.03. The highest BCUT2D eigenvalue weighted by Crippen LogP contribution is 2.09. The minimum absolute atomic E-state index is 0.0399. The van der Waals surface area contributed by atoms with Gasteiger partial charge in [0.05, 0.1) is 6.04 Å². The van der Waals surface area contributed by atoms with Crippen molar-refractivity contribution in [2.45, 2.75) is 12.5 Å². The van der Waals surface area contributed by atoms with Crippen LogP contribution >= 0.6 is 0 Å². The lowest BCUT2D eigenvalue weighted by atomic mass is 10.1. The van der Waals surface area contributed by atoms with Crippen LogP contribution < -0.4 is 5.73 Å². The highest BCUT2D eigenvalue weighted by atomic mass is 19.1. The summed E-state index contributed by atoms with van der Waals surface area (Å²) >= 11 is 0. The van der Waals surface area contributed by atoms with Crippen molar-refractivity contribution in [2.24, 2.45) is 0 Å². The van der Waals surface area contributed by atoms with Crippen LogP contribution in [-0.4, -0.2) is 12.3 Å². The molecule has 69 valence electrons. The maximum Gasteiger partial charge on any atom is 0.138 e. The molecule has 1 aromatic rings. The molecule has 0 spiro atoms. The number of benzene rings is 1. The molecular weight excluding hydrogens is 176 g/mol. The van der Waals surface area contributed by atoms with E-state index in [1.807, 2.05) is 0 Å². The molecule has 0 amide bonds. The Kier molecular flexibility index (Phi) is 3.08. The molecule has 13 heavy (non-hydrogen) atoms. The smallest absolute Gasteiger partial charge is 0.138 e. The van der Waals surface area contributed by atoms with E-state index in [4.69, 9.17) is 5.73 Å². The third-order valence-corrected chi connectivity index (χ3v) is 1.54. The first-order chi connectivity index (χ1) is 6.11. The number of hydrogen-bond acceptors (Lipinski definition) is 1. The van der Waals surface area contributed by atoms with Gasteiger partial charge >= 0.3 is 0 Å². The lowest BCUT2D eigenvalue weighted by Crippen LogP contribution is -2.14. The summed E-state index contributed by atoms with van der Waals surface area (Å²) < 4.78 is 25.2. The second-order valence-corrected chi connectivity index (χ2v) is 2.72. The van der Waals surface area contributed by atoms with E-state index in [9.17, 15) is 13.6 Å². The normalized spacial score (nSPS) is 12.5. The minimum Gasteiger partial charge on any atom is -0.302 e. The molecule has 4 heteroatoms. The van der Waals surface area contributed by atoms with Gasteiger partial charge in [-0.3, -0.25) is 0 Å². The molecule has 0 saturated heterocycles. The Morgan fingerprint density at radius 3 is 2.31 bits per heavy atom. The summed E-state index contributed by atoms with van der Waals surface area (Å²) in [6, 6.07) is 2.03. The van der Waals surface area contributed by atoms with Crippen molar-refractivity contribution in [1.82, 2.24) is 5.73 Å². The predicted octanol–water partition coefficient (Wildman–Crippen LogP) is 1.36. The Morgan fingerprint density at radius 1 is 1.31 bits per heavy atom. The second kappa shape index (κ2) is 4.09. The molecule has 1 rings (SSSR count). The first-order valence-corrected chi connectivity index (χ1v) is 3.73. The number of rotatable bonds is 3. The van der Waals surface area contributed by atoms with Crippen LogP contribution in [0.4, 0.5) is 8.78 Å². The van der Waals surface area contributed by atoms with Gasteiger partial charge in [0.1, 0.15) is 17.9 Å². The number of halogens is 2. The van der Waals surface area contributed by atoms with Gasteiger partial charge in [0.25, 0.3) is 0 Å². The third kappa shape index (κ3) is 2.91. The zero-order valence-electron chi connectivity index (χ0n) is 6.76. The highest BCUT2D eigenvalue weighted by Gasteiger charge is 2.05. The molecule has 0 aliphatic carbocycles. The molecule has 1 aromatic carbocycles. The summed E-state index contributed by atoms with van der Waals surface area (Å²) in [6.07, 6.45) is 0.473. The first kappa shape index (κ1) is 9.80. The predicted molar refractivity (Wildman–Crippen MR) is 43.0 cm³/mol. The fourth-order valence-corrected chi connectivity index (χ4v) is 1.03. The summed E-state index contributed by atoms with van der Waals surface area (Å²) in [5, 5.41) is 0. The molecule has 0 aliphatic rings. The summed E-state index contributed by atoms with van der Waals surface area (Å²) in [6.45, 7) is 0. The second-order valence-electron chi connectivity index (χ2n) is 2.72. The molecule has 1 N–H and O–H groups in total. The van der Waals surface area contributed by atoms with Gasteiger partial charge in [0.15, 0.2) is 0 Å². The van der Waals surface area contributed by atoms with Gasteiger partial charge in [0, 0.05) is 6.07 Å². The highest BCUT2D eigenvalue weighted by molar-refractivity contribution is 5.57. The topological polar surface area (TPSA) is 40.9 Å². The minimum atomic E-state index is -0.957. The molecule has 1 atom stereocenters. The Hall–Kier alpha value is -1.29.